The van der Waals surface area contributed by atoms with E-state index in [0.29, 0.717) is 0 Å². The van der Waals surface area contributed by atoms with E-state index in [2.05, 4.69) is 29.3 Å². The van der Waals surface area contributed by atoms with Crippen LogP contribution in [0.15, 0.2) is 24.3 Å². The van der Waals surface area contributed by atoms with Crippen LogP contribution >= 0.6 is 0 Å². The lowest BCUT2D eigenvalue weighted by molar-refractivity contribution is -0.137. The zero-order valence-corrected chi connectivity index (χ0v) is 16.3. The molecule has 0 spiro atoms. The molecule has 2 unspecified atom stereocenters. The summed E-state index contributed by atoms with van der Waals surface area (Å²) in [5.41, 5.74) is 2.11. The summed E-state index contributed by atoms with van der Waals surface area (Å²) in [6.45, 7) is 6.37. The van der Waals surface area contributed by atoms with E-state index in [1.807, 2.05) is 12.1 Å². The van der Waals surface area contributed by atoms with E-state index < -0.39 is 0 Å². The van der Waals surface area contributed by atoms with Gasteiger partial charge in [0.25, 0.3) is 0 Å². The van der Waals surface area contributed by atoms with Crippen LogP contribution in [0.2, 0.25) is 0 Å². The predicted octanol–water partition coefficient (Wildman–Crippen LogP) is 3.26. The van der Waals surface area contributed by atoms with Crippen LogP contribution in [0.4, 0.5) is 5.69 Å². The lowest BCUT2D eigenvalue weighted by Gasteiger charge is -2.30. The fraction of sp³-hybridized carbons (Fsp3) is 0.636. The topological polar surface area (TPSA) is 52.7 Å². The number of hydrogen-bond donors (Lipinski definition) is 1. The lowest BCUT2D eigenvalue weighted by atomic mass is 10.00. The molecule has 2 amide bonds. The van der Waals surface area contributed by atoms with Crippen molar-refractivity contribution in [2.45, 2.75) is 58.0 Å². The number of likely N-dealkylation sites (tertiary alicyclic amines) is 2. The summed E-state index contributed by atoms with van der Waals surface area (Å²) in [6.07, 6.45) is 6.29. The SMILES string of the molecule is CC1CCCN(Cc2ccc(NC(=O)C3CCCN3C(=O)C3CC3)cc2)C1. The van der Waals surface area contributed by atoms with Gasteiger partial charge in [-0.25, -0.2) is 0 Å². The Morgan fingerprint density at radius 1 is 1.04 bits per heavy atom. The molecule has 2 saturated heterocycles. The van der Waals surface area contributed by atoms with Crippen molar-refractivity contribution in [3.8, 4) is 0 Å². The van der Waals surface area contributed by atoms with E-state index in [1.54, 1.807) is 4.90 Å². The zero-order valence-electron chi connectivity index (χ0n) is 16.3. The standard InChI is InChI=1S/C22H31N3O2/c1-16-4-2-12-24(14-16)15-17-6-10-19(11-7-17)23-21(26)20-5-3-13-25(20)22(27)18-8-9-18/h6-7,10-11,16,18,20H,2-5,8-9,12-15H2,1H3,(H,23,26). The Morgan fingerprint density at radius 2 is 1.78 bits per heavy atom. The fourth-order valence-corrected chi connectivity index (χ4v) is 4.48. The number of hydrogen-bond acceptors (Lipinski definition) is 3. The van der Waals surface area contributed by atoms with Gasteiger partial charge < -0.3 is 10.2 Å². The van der Waals surface area contributed by atoms with Gasteiger partial charge in [0.05, 0.1) is 0 Å². The van der Waals surface area contributed by atoms with Crippen LogP contribution in [0.25, 0.3) is 0 Å². The van der Waals surface area contributed by atoms with Gasteiger partial charge in [0.1, 0.15) is 6.04 Å². The second-order valence-corrected chi connectivity index (χ2v) is 8.63. The molecule has 4 rings (SSSR count). The van der Waals surface area contributed by atoms with E-state index in [0.717, 1.165) is 50.4 Å². The number of benzene rings is 1. The van der Waals surface area contributed by atoms with Crippen LogP contribution in [-0.4, -0.2) is 47.3 Å². The van der Waals surface area contributed by atoms with Gasteiger partial charge >= 0.3 is 0 Å². The lowest BCUT2D eigenvalue weighted by Crippen LogP contribution is -2.43. The largest absolute Gasteiger partial charge is 0.330 e. The van der Waals surface area contributed by atoms with Gasteiger partial charge in [-0.05, 0) is 68.7 Å². The molecule has 2 atom stereocenters. The van der Waals surface area contributed by atoms with Crippen LogP contribution in [0.3, 0.4) is 0 Å². The average molecular weight is 370 g/mol. The van der Waals surface area contributed by atoms with Gasteiger partial charge in [0.2, 0.25) is 11.8 Å². The molecular formula is C22H31N3O2. The van der Waals surface area contributed by atoms with Gasteiger partial charge in [-0.2, -0.15) is 0 Å². The third kappa shape index (κ3) is 4.52. The second-order valence-electron chi connectivity index (χ2n) is 8.63. The number of piperidine rings is 1. The number of nitrogens with one attached hydrogen (secondary N) is 1. The van der Waals surface area contributed by atoms with Crippen LogP contribution < -0.4 is 5.32 Å². The number of carbonyl (C=O) groups excluding carboxylic acids is 2. The molecule has 1 N–H and O–H groups in total. The molecule has 1 aromatic carbocycles. The van der Waals surface area contributed by atoms with Crippen molar-refractivity contribution in [1.29, 1.82) is 0 Å². The second kappa shape index (κ2) is 8.01. The van der Waals surface area contributed by atoms with Crippen molar-refractivity contribution >= 4 is 17.5 Å². The Balaban J connectivity index is 1.32. The Bertz CT molecular complexity index is 683. The molecule has 0 radical (unpaired) electrons. The van der Waals surface area contributed by atoms with Crippen molar-refractivity contribution in [1.82, 2.24) is 9.80 Å². The number of carbonyl (C=O) groups is 2. The number of nitrogens with zero attached hydrogens (tertiary/aromatic N) is 2. The molecule has 1 aromatic rings. The summed E-state index contributed by atoms with van der Waals surface area (Å²) in [4.78, 5) is 29.4. The minimum absolute atomic E-state index is 0.0425. The van der Waals surface area contributed by atoms with Gasteiger partial charge in [-0.15, -0.1) is 0 Å². The Hall–Kier alpha value is -1.88. The van der Waals surface area contributed by atoms with Crippen LogP contribution in [0, 0.1) is 11.8 Å². The molecule has 27 heavy (non-hydrogen) atoms. The molecule has 5 heteroatoms. The van der Waals surface area contributed by atoms with Crippen molar-refractivity contribution in [3.05, 3.63) is 29.8 Å². The van der Waals surface area contributed by atoms with E-state index in [1.165, 1.54) is 31.5 Å². The smallest absolute Gasteiger partial charge is 0.247 e. The average Bonchev–Trinajstić information content (AvgIpc) is 3.39. The quantitative estimate of drug-likeness (QED) is 0.867. The van der Waals surface area contributed by atoms with E-state index in [-0.39, 0.29) is 23.8 Å². The van der Waals surface area contributed by atoms with Crippen molar-refractivity contribution in [2.24, 2.45) is 11.8 Å². The third-order valence-corrected chi connectivity index (χ3v) is 6.13. The number of amides is 2. The van der Waals surface area contributed by atoms with Gasteiger partial charge in [-0.3, -0.25) is 14.5 Å². The highest BCUT2D eigenvalue weighted by atomic mass is 16.2. The van der Waals surface area contributed by atoms with Crippen LogP contribution in [0.5, 0.6) is 0 Å². The maximum atomic E-state index is 12.7. The Labute approximate surface area is 162 Å². The molecule has 0 aromatic heterocycles. The highest BCUT2D eigenvalue weighted by molar-refractivity contribution is 5.98. The third-order valence-electron chi connectivity index (χ3n) is 6.13. The van der Waals surface area contributed by atoms with Gasteiger partial charge in [-0.1, -0.05) is 19.1 Å². The van der Waals surface area contributed by atoms with E-state index >= 15 is 0 Å². The molecule has 146 valence electrons. The predicted molar refractivity (Wildman–Crippen MR) is 106 cm³/mol. The Morgan fingerprint density at radius 3 is 2.48 bits per heavy atom. The highest BCUT2D eigenvalue weighted by Gasteiger charge is 2.40. The fourth-order valence-electron chi connectivity index (χ4n) is 4.48. The van der Waals surface area contributed by atoms with Crippen LogP contribution in [-0.2, 0) is 16.1 Å². The minimum Gasteiger partial charge on any atom is -0.330 e. The first-order valence-corrected chi connectivity index (χ1v) is 10.5. The number of rotatable bonds is 5. The van der Waals surface area contributed by atoms with Gasteiger partial charge in [0, 0.05) is 31.2 Å². The normalized spacial score (nSPS) is 26.2. The highest BCUT2D eigenvalue weighted by Crippen LogP contribution is 2.34. The summed E-state index contributed by atoms with van der Waals surface area (Å²) in [5, 5.41) is 3.02. The first-order chi connectivity index (χ1) is 13.1. The molecule has 2 aliphatic heterocycles. The van der Waals surface area contributed by atoms with E-state index in [4.69, 9.17) is 0 Å². The summed E-state index contributed by atoms with van der Waals surface area (Å²) in [6, 6.07) is 7.89. The van der Waals surface area contributed by atoms with Crippen molar-refractivity contribution in [2.75, 3.05) is 25.0 Å². The first-order valence-electron chi connectivity index (χ1n) is 10.5. The monoisotopic (exact) mass is 369 g/mol. The Kier molecular flexibility index (Phi) is 5.48. The van der Waals surface area contributed by atoms with Crippen molar-refractivity contribution < 1.29 is 9.59 Å². The zero-order chi connectivity index (χ0) is 18.8. The molecule has 3 fully saturated rings. The summed E-state index contributed by atoms with van der Waals surface area (Å²) in [5.74, 6) is 1.10. The summed E-state index contributed by atoms with van der Waals surface area (Å²) in [7, 11) is 0. The molecule has 1 aliphatic carbocycles. The minimum atomic E-state index is -0.299. The first kappa shape index (κ1) is 18.5. The molecule has 0 bridgehead atoms. The maximum Gasteiger partial charge on any atom is 0.247 e. The maximum absolute atomic E-state index is 12.7. The summed E-state index contributed by atoms with van der Waals surface area (Å²) >= 11 is 0. The van der Waals surface area contributed by atoms with Crippen molar-refractivity contribution in [3.63, 3.8) is 0 Å². The molecule has 3 aliphatic rings. The molecular weight excluding hydrogens is 338 g/mol. The van der Waals surface area contributed by atoms with Gasteiger partial charge in [0.15, 0.2) is 0 Å². The molecule has 1 saturated carbocycles. The summed E-state index contributed by atoms with van der Waals surface area (Å²) < 4.78 is 0. The van der Waals surface area contributed by atoms with Crippen LogP contribution in [0.1, 0.15) is 51.0 Å². The molecule has 2 heterocycles. The number of anilines is 1. The van der Waals surface area contributed by atoms with E-state index in [9.17, 15) is 9.59 Å². The molecule has 5 nitrogen and oxygen atoms in total.